The van der Waals surface area contributed by atoms with Crippen LogP contribution in [0, 0.1) is 20.8 Å². The van der Waals surface area contributed by atoms with Crippen LogP contribution >= 0.6 is 0 Å². The highest BCUT2D eigenvalue weighted by Crippen LogP contribution is 2.24. The van der Waals surface area contributed by atoms with E-state index in [1.165, 1.54) is 23.1 Å². The topological polar surface area (TPSA) is 18.5 Å². The number of ether oxygens (including phenoxy) is 2. The minimum atomic E-state index is 0.292. The molecule has 0 saturated carbocycles. The lowest BCUT2D eigenvalue weighted by Gasteiger charge is -2.15. The van der Waals surface area contributed by atoms with Crippen molar-refractivity contribution in [2.75, 3.05) is 13.2 Å². The highest BCUT2D eigenvalue weighted by Gasteiger charge is 2.16. The largest absolute Gasteiger partial charge is 0.491 e. The Morgan fingerprint density at radius 3 is 2.81 bits per heavy atom. The normalized spacial score (nSPS) is 20.1. The molecular weight excluding hydrogens is 200 g/mol. The van der Waals surface area contributed by atoms with Gasteiger partial charge in [0.15, 0.2) is 0 Å². The molecule has 1 aliphatic heterocycles. The minimum Gasteiger partial charge on any atom is -0.491 e. The monoisotopic (exact) mass is 220 g/mol. The second-order valence-electron chi connectivity index (χ2n) is 4.65. The molecule has 1 aromatic carbocycles. The van der Waals surface area contributed by atoms with Crippen molar-refractivity contribution in [2.24, 2.45) is 0 Å². The number of aryl methyl sites for hydroxylation is 2. The van der Waals surface area contributed by atoms with Gasteiger partial charge in [-0.3, -0.25) is 0 Å². The van der Waals surface area contributed by atoms with Gasteiger partial charge in [0.05, 0.1) is 6.10 Å². The van der Waals surface area contributed by atoms with Gasteiger partial charge in [-0.25, -0.2) is 0 Å². The Labute approximate surface area is 97.6 Å². The molecule has 1 atom stereocenters. The van der Waals surface area contributed by atoms with Gasteiger partial charge in [-0.05, 0) is 56.4 Å². The summed E-state index contributed by atoms with van der Waals surface area (Å²) < 4.78 is 11.4. The average molecular weight is 220 g/mol. The third kappa shape index (κ3) is 2.56. The lowest BCUT2D eigenvalue weighted by Crippen LogP contribution is -2.16. The van der Waals surface area contributed by atoms with Crippen LogP contribution in [0.2, 0.25) is 0 Å². The lowest BCUT2D eigenvalue weighted by atomic mass is 10.1. The predicted octanol–water partition coefficient (Wildman–Crippen LogP) is 3.17. The van der Waals surface area contributed by atoms with Crippen molar-refractivity contribution in [3.63, 3.8) is 0 Å². The summed E-state index contributed by atoms with van der Waals surface area (Å²) in [6.07, 6.45) is 2.59. The zero-order valence-corrected chi connectivity index (χ0v) is 10.4. The summed E-state index contributed by atoms with van der Waals surface area (Å²) in [5.41, 5.74) is 3.79. The van der Waals surface area contributed by atoms with Crippen LogP contribution in [-0.4, -0.2) is 19.3 Å². The molecule has 1 fully saturated rings. The van der Waals surface area contributed by atoms with Gasteiger partial charge in [0.25, 0.3) is 0 Å². The van der Waals surface area contributed by atoms with Crippen LogP contribution in [0.4, 0.5) is 0 Å². The molecule has 0 radical (unpaired) electrons. The van der Waals surface area contributed by atoms with E-state index >= 15 is 0 Å². The minimum absolute atomic E-state index is 0.292. The number of rotatable bonds is 3. The Morgan fingerprint density at radius 1 is 1.31 bits per heavy atom. The molecular formula is C14H20O2. The first kappa shape index (κ1) is 11.5. The summed E-state index contributed by atoms with van der Waals surface area (Å²) in [6, 6.07) is 4.30. The fourth-order valence-electron chi connectivity index (χ4n) is 2.11. The SMILES string of the molecule is Cc1cc(C)c(C)c(OCC2CCCO2)c1. The second kappa shape index (κ2) is 4.88. The van der Waals surface area contributed by atoms with Crippen molar-refractivity contribution in [2.45, 2.75) is 39.7 Å². The Morgan fingerprint density at radius 2 is 2.12 bits per heavy atom. The zero-order valence-electron chi connectivity index (χ0n) is 10.4. The van der Waals surface area contributed by atoms with Gasteiger partial charge < -0.3 is 9.47 Å². The van der Waals surface area contributed by atoms with Crippen LogP contribution in [-0.2, 0) is 4.74 Å². The van der Waals surface area contributed by atoms with Crippen LogP contribution in [0.1, 0.15) is 29.5 Å². The summed E-state index contributed by atoms with van der Waals surface area (Å²) >= 11 is 0. The molecule has 0 N–H and O–H groups in total. The first-order valence-corrected chi connectivity index (χ1v) is 5.99. The predicted molar refractivity (Wildman–Crippen MR) is 65.1 cm³/mol. The van der Waals surface area contributed by atoms with E-state index in [2.05, 4.69) is 32.9 Å². The molecule has 2 rings (SSSR count). The molecule has 0 bridgehead atoms. The van der Waals surface area contributed by atoms with Gasteiger partial charge in [-0.1, -0.05) is 6.07 Å². The standard InChI is InChI=1S/C14H20O2/c1-10-7-11(2)12(3)14(8-10)16-9-13-5-4-6-15-13/h7-8,13H,4-6,9H2,1-3H3. The number of hydrogen-bond donors (Lipinski definition) is 0. The molecule has 16 heavy (non-hydrogen) atoms. The fraction of sp³-hybridized carbons (Fsp3) is 0.571. The van der Waals surface area contributed by atoms with E-state index < -0.39 is 0 Å². The molecule has 88 valence electrons. The van der Waals surface area contributed by atoms with E-state index in [0.29, 0.717) is 12.7 Å². The molecule has 1 aromatic rings. The summed E-state index contributed by atoms with van der Waals surface area (Å²) in [6.45, 7) is 7.91. The zero-order chi connectivity index (χ0) is 11.5. The quantitative estimate of drug-likeness (QED) is 0.779. The van der Waals surface area contributed by atoms with E-state index in [4.69, 9.17) is 9.47 Å². The molecule has 1 aliphatic rings. The van der Waals surface area contributed by atoms with E-state index in [1.54, 1.807) is 0 Å². The van der Waals surface area contributed by atoms with Crippen molar-refractivity contribution in [3.8, 4) is 5.75 Å². The van der Waals surface area contributed by atoms with Crippen LogP contribution in [0.25, 0.3) is 0 Å². The van der Waals surface area contributed by atoms with Crippen molar-refractivity contribution < 1.29 is 9.47 Å². The first-order chi connectivity index (χ1) is 7.66. The molecule has 1 saturated heterocycles. The summed E-state index contributed by atoms with van der Waals surface area (Å²) in [5, 5.41) is 0. The van der Waals surface area contributed by atoms with Crippen molar-refractivity contribution in [1.29, 1.82) is 0 Å². The Balaban J connectivity index is 2.02. The van der Waals surface area contributed by atoms with E-state index in [0.717, 1.165) is 18.8 Å². The Bertz CT molecular complexity index is 365. The summed E-state index contributed by atoms with van der Waals surface area (Å²) in [4.78, 5) is 0. The molecule has 1 unspecified atom stereocenters. The van der Waals surface area contributed by atoms with Crippen LogP contribution in [0.5, 0.6) is 5.75 Å². The van der Waals surface area contributed by atoms with Crippen LogP contribution in [0.3, 0.4) is 0 Å². The average Bonchev–Trinajstić information content (AvgIpc) is 2.74. The smallest absolute Gasteiger partial charge is 0.122 e. The Kier molecular flexibility index (Phi) is 3.49. The van der Waals surface area contributed by atoms with Crippen molar-refractivity contribution in [1.82, 2.24) is 0 Å². The maximum absolute atomic E-state index is 5.86. The van der Waals surface area contributed by atoms with Gasteiger partial charge in [0.2, 0.25) is 0 Å². The van der Waals surface area contributed by atoms with Gasteiger partial charge in [-0.2, -0.15) is 0 Å². The van der Waals surface area contributed by atoms with E-state index in [-0.39, 0.29) is 0 Å². The molecule has 0 aromatic heterocycles. The summed E-state index contributed by atoms with van der Waals surface area (Å²) in [7, 11) is 0. The Hall–Kier alpha value is -1.02. The first-order valence-electron chi connectivity index (χ1n) is 5.99. The van der Waals surface area contributed by atoms with E-state index in [1.807, 2.05) is 0 Å². The lowest BCUT2D eigenvalue weighted by molar-refractivity contribution is 0.0677. The maximum atomic E-state index is 5.86. The van der Waals surface area contributed by atoms with Gasteiger partial charge in [-0.15, -0.1) is 0 Å². The van der Waals surface area contributed by atoms with Crippen LogP contribution in [0.15, 0.2) is 12.1 Å². The molecule has 2 heteroatoms. The molecule has 0 amide bonds. The molecule has 0 aliphatic carbocycles. The molecule has 0 spiro atoms. The third-order valence-electron chi connectivity index (χ3n) is 3.21. The van der Waals surface area contributed by atoms with Gasteiger partial charge >= 0.3 is 0 Å². The van der Waals surface area contributed by atoms with Crippen molar-refractivity contribution in [3.05, 3.63) is 28.8 Å². The third-order valence-corrected chi connectivity index (χ3v) is 3.21. The maximum Gasteiger partial charge on any atom is 0.122 e. The van der Waals surface area contributed by atoms with E-state index in [9.17, 15) is 0 Å². The number of hydrogen-bond acceptors (Lipinski definition) is 2. The van der Waals surface area contributed by atoms with Gasteiger partial charge in [0, 0.05) is 6.61 Å². The highest BCUT2D eigenvalue weighted by atomic mass is 16.5. The number of benzene rings is 1. The van der Waals surface area contributed by atoms with Crippen molar-refractivity contribution >= 4 is 0 Å². The second-order valence-corrected chi connectivity index (χ2v) is 4.65. The molecule has 2 nitrogen and oxygen atoms in total. The molecule has 1 heterocycles. The summed E-state index contributed by atoms with van der Waals surface area (Å²) in [5.74, 6) is 1.01. The van der Waals surface area contributed by atoms with Crippen LogP contribution < -0.4 is 4.74 Å². The van der Waals surface area contributed by atoms with Gasteiger partial charge in [0.1, 0.15) is 12.4 Å². The fourth-order valence-corrected chi connectivity index (χ4v) is 2.11. The highest BCUT2D eigenvalue weighted by molar-refractivity contribution is 5.41.